The van der Waals surface area contributed by atoms with Crippen LogP contribution in [0.25, 0.3) is 0 Å². The van der Waals surface area contributed by atoms with Crippen LogP contribution in [0.4, 0.5) is 0 Å². The molecule has 116 valence electrons. The second-order valence-electron chi connectivity index (χ2n) is 8.54. The van der Waals surface area contributed by atoms with E-state index in [1.807, 2.05) is 0 Å². The molecule has 21 heavy (non-hydrogen) atoms. The molecular weight excluding hydrogens is 278 g/mol. The van der Waals surface area contributed by atoms with Crippen LogP contribution in [0.15, 0.2) is 18.2 Å². The highest BCUT2D eigenvalue weighted by atomic mass is 35.5. The highest BCUT2D eigenvalue weighted by Crippen LogP contribution is 2.60. The van der Waals surface area contributed by atoms with Gasteiger partial charge in [-0.05, 0) is 87.8 Å². The van der Waals surface area contributed by atoms with E-state index < -0.39 is 0 Å². The van der Waals surface area contributed by atoms with Crippen molar-refractivity contribution in [3.63, 3.8) is 0 Å². The molecular formula is C19H28ClN. The van der Waals surface area contributed by atoms with Gasteiger partial charge in [0.2, 0.25) is 0 Å². The molecule has 0 bridgehead atoms. The molecule has 2 aliphatic carbocycles. The number of hydrogen-bond acceptors (Lipinski definition) is 1. The summed E-state index contributed by atoms with van der Waals surface area (Å²) in [7, 11) is 0. The Hall–Kier alpha value is -0.530. The van der Waals surface area contributed by atoms with E-state index in [1.165, 1.54) is 30.4 Å². The summed E-state index contributed by atoms with van der Waals surface area (Å²) in [5.41, 5.74) is 3.19. The Morgan fingerprint density at radius 3 is 2.48 bits per heavy atom. The van der Waals surface area contributed by atoms with Crippen molar-refractivity contribution in [1.82, 2.24) is 5.32 Å². The van der Waals surface area contributed by atoms with E-state index in [0.717, 1.165) is 29.8 Å². The van der Waals surface area contributed by atoms with E-state index in [4.69, 9.17) is 11.6 Å². The number of benzene rings is 1. The number of nitrogens with one attached hydrogen (secondary N) is 1. The van der Waals surface area contributed by atoms with Crippen LogP contribution in [-0.2, 0) is 6.42 Å². The minimum Gasteiger partial charge on any atom is -0.312 e. The quantitative estimate of drug-likeness (QED) is 0.826. The zero-order valence-electron chi connectivity index (χ0n) is 13.8. The molecule has 0 heterocycles. The van der Waals surface area contributed by atoms with E-state index in [2.05, 4.69) is 51.2 Å². The molecule has 0 radical (unpaired) electrons. The minimum atomic E-state index is 0.191. The van der Waals surface area contributed by atoms with Crippen LogP contribution in [0.1, 0.15) is 51.2 Å². The number of rotatable bonds is 4. The van der Waals surface area contributed by atoms with Crippen LogP contribution < -0.4 is 5.32 Å². The van der Waals surface area contributed by atoms with Gasteiger partial charge in [-0.15, -0.1) is 0 Å². The van der Waals surface area contributed by atoms with Crippen molar-refractivity contribution in [3.05, 3.63) is 34.3 Å². The maximum atomic E-state index is 6.49. The Labute approximate surface area is 134 Å². The zero-order chi connectivity index (χ0) is 15.3. The molecule has 2 aliphatic rings. The van der Waals surface area contributed by atoms with Gasteiger partial charge in [0.05, 0.1) is 0 Å². The van der Waals surface area contributed by atoms with Crippen LogP contribution in [0.2, 0.25) is 5.02 Å². The van der Waals surface area contributed by atoms with Crippen LogP contribution in [-0.4, -0.2) is 12.1 Å². The van der Waals surface area contributed by atoms with Gasteiger partial charge in [-0.2, -0.15) is 0 Å². The largest absolute Gasteiger partial charge is 0.312 e. The second-order valence-corrected chi connectivity index (χ2v) is 8.95. The summed E-state index contributed by atoms with van der Waals surface area (Å²) in [4.78, 5) is 0. The molecule has 1 aromatic carbocycles. The highest BCUT2D eigenvalue weighted by molar-refractivity contribution is 6.31. The lowest BCUT2D eigenvalue weighted by molar-refractivity contribution is 0.222. The van der Waals surface area contributed by atoms with Crippen molar-refractivity contribution in [2.75, 3.05) is 6.54 Å². The normalized spacial score (nSPS) is 31.3. The lowest BCUT2D eigenvalue weighted by atomic mass is 9.76. The Bertz CT molecular complexity index is 519. The summed E-state index contributed by atoms with van der Waals surface area (Å²) in [5, 5.41) is 4.70. The Balaban J connectivity index is 1.76. The van der Waals surface area contributed by atoms with Crippen molar-refractivity contribution in [1.29, 1.82) is 0 Å². The topological polar surface area (TPSA) is 12.0 Å². The van der Waals surface area contributed by atoms with Gasteiger partial charge in [-0.3, -0.25) is 0 Å². The fourth-order valence-corrected chi connectivity index (χ4v) is 4.31. The molecule has 2 unspecified atom stereocenters. The van der Waals surface area contributed by atoms with E-state index in [1.54, 1.807) is 0 Å². The molecule has 1 aromatic rings. The minimum absolute atomic E-state index is 0.191. The van der Waals surface area contributed by atoms with Gasteiger partial charge in [0, 0.05) is 17.1 Å². The van der Waals surface area contributed by atoms with Gasteiger partial charge < -0.3 is 5.32 Å². The summed E-state index contributed by atoms with van der Waals surface area (Å²) >= 11 is 6.49. The molecule has 3 rings (SSSR count). The van der Waals surface area contributed by atoms with Crippen molar-refractivity contribution < 1.29 is 0 Å². The molecule has 2 heteroatoms. The molecule has 0 saturated heterocycles. The lowest BCUT2D eigenvalue weighted by Gasteiger charge is -2.35. The third-order valence-electron chi connectivity index (χ3n) is 5.23. The Morgan fingerprint density at radius 1 is 1.24 bits per heavy atom. The van der Waals surface area contributed by atoms with Crippen molar-refractivity contribution in [3.8, 4) is 0 Å². The number of fused-ring (bicyclic) bond motifs is 1. The van der Waals surface area contributed by atoms with Crippen molar-refractivity contribution in [2.45, 2.75) is 58.9 Å². The maximum Gasteiger partial charge on any atom is 0.0440 e. The molecule has 0 aromatic heterocycles. The molecule has 0 spiro atoms. The van der Waals surface area contributed by atoms with Crippen LogP contribution in [0.3, 0.4) is 0 Å². The van der Waals surface area contributed by atoms with E-state index in [9.17, 15) is 0 Å². The van der Waals surface area contributed by atoms with E-state index in [0.29, 0.717) is 5.41 Å². The summed E-state index contributed by atoms with van der Waals surface area (Å²) in [6, 6.07) is 6.54. The molecule has 1 N–H and O–H groups in total. The zero-order valence-corrected chi connectivity index (χ0v) is 14.6. The second kappa shape index (κ2) is 5.28. The van der Waals surface area contributed by atoms with Crippen LogP contribution >= 0.6 is 11.6 Å². The van der Waals surface area contributed by atoms with Crippen molar-refractivity contribution in [2.24, 2.45) is 17.3 Å². The first-order valence-corrected chi connectivity index (χ1v) is 8.64. The highest BCUT2D eigenvalue weighted by Gasteiger charge is 2.53. The van der Waals surface area contributed by atoms with Crippen LogP contribution in [0, 0.1) is 24.2 Å². The Morgan fingerprint density at radius 2 is 1.90 bits per heavy atom. The predicted octanol–water partition coefficient (Wildman–Crippen LogP) is 5.00. The number of hydrogen-bond donors (Lipinski definition) is 1. The van der Waals surface area contributed by atoms with Crippen molar-refractivity contribution >= 4 is 11.6 Å². The SMILES string of the molecule is Cc1ccc(CC2(CNC(C)(C)C)CC3CC3C2)c(Cl)c1. The first kappa shape index (κ1) is 15.4. The fourth-order valence-electron chi connectivity index (χ4n) is 4.01. The maximum absolute atomic E-state index is 6.49. The molecule has 0 amide bonds. The average Bonchev–Trinajstić information content (AvgIpc) is 2.98. The molecule has 2 fully saturated rings. The van der Waals surface area contributed by atoms with Crippen LogP contribution in [0.5, 0.6) is 0 Å². The summed E-state index contributed by atoms with van der Waals surface area (Å²) in [6.07, 6.45) is 5.36. The molecule has 0 aliphatic heterocycles. The summed E-state index contributed by atoms with van der Waals surface area (Å²) < 4.78 is 0. The van der Waals surface area contributed by atoms with Gasteiger partial charge in [0.1, 0.15) is 0 Å². The number of aryl methyl sites for hydroxylation is 1. The van der Waals surface area contributed by atoms with Gasteiger partial charge in [-0.25, -0.2) is 0 Å². The van der Waals surface area contributed by atoms with Gasteiger partial charge in [0.15, 0.2) is 0 Å². The fraction of sp³-hybridized carbons (Fsp3) is 0.684. The standard InChI is InChI=1S/C19H28ClN/c1-13-5-6-14(17(20)7-13)9-19(12-21-18(2,3)4)10-15-8-16(15)11-19/h5-7,15-16,21H,8-12H2,1-4H3. The third kappa shape index (κ3) is 3.63. The lowest BCUT2D eigenvalue weighted by Crippen LogP contribution is -2.44. The van der Waals surface area contributed by atoms with E-state index >= 15 is 0 Å². The van der Waals surface area contributed by atoms with Gasteiger partial charge >= 0.3 is 0 Å². The monoisotopic (exact) mass is 305 g/mol. The van der Waals surface area contributed by atoms with E-state index in [-0.39, 0.29) is 5.54 Å². The smallest absolute Gasteiger partial charge is 0.0440 e. The van der Waals surface area contributed by atoms with Gasteiger partial charge in [0.25, 0.3) is 0 Å². The summed E-state index contributed by atoms with van der Waals surface area (Å²) in [5.74, 6) is 1.99. The first-order chi connectivity index (χ1) is 9.76. The molecule has 1 nitrogen and oxygen atoms in total. The third-order valence-corrected chi connectivity index (χ3v) is 5.58. The van der Waals surface area contributed by atoms with Gasteiger partial charge in [-0.1, -0.05) is 23.7 Å². The predicted molar refractivity (Wildman–Crippen MR) is 90.9 cm³/mol. The molecule has 2 saturated carbocycles. The Kier molecular flexibility index (Phi) is 3.86. The first-order valence-electron chi connectivity index (χ1n) is 8.26. The average molecular weight is 306 g/mol. The summed E-state index contributed by atoms with van der Waals surface area (Å²) in [6.45, 7) is 10.0. The molecule has 2 atom stereocenters. The number of halogens is 1.